The number of ketones is 1. The highest BCUT2D eigenvalue weighted by Gasteiger charge is 2.49. The third kappa shape index (κ3) is 4.18. The fourth-order valence-corrected chi connectivity index (χ4v) is 7.55. The van der Waals surface area contributed by atoms with Gasteiger partial charge in [0, 0.05) is 50.4 Å². The van der Waals surface area contributed by atoms with Crippen molar-refractivity contribution < 1.29 is 19.4 Å². The molecule has 1 aliphatic carbocycles. The highest BCUT2D eigenvalue weighted by atomic mass is 16.5. The Balaban J connectivity index is 1.77. The topological polar surface area (TPSA) is 123 Å². The molecule has 3 aliphatic rings. The van der Waals surface area contributed by atoms with Crippen LogP contribution in [0.4, 0.5) is 0 Å². The van der Waals surface area contributed by atoms with Gasteiger partial charge in [0.25, 0.3) is 0 Å². The number of aliphatic hydroxyl groups is 1. The lowest BCUT2D eigenvalue weighted by Crippen LogP contribution is -2.37. The number of Topliss-reactive ketones (excluding diaryl/α,β-unsaturated/α-hetero) is 1. The minimum absolute atomic E-state index is 0.156. The zero-order valence-electron chi connectivity index (χ0n) is 25.7. The lowest BCUT2D eigenvalue weighted by molar-refractivity contribution is -0.141. The van der Waals surface area contributed by atoms with Crippen LogP contribution in [0.15, 0.2) is 12.3 Å². The summed E-state index contributed by atoms with van der Waals surface area (Å²) in [7, 11) is 1.34. The number of hydrogen-bond donors (Lipinski definition) is 5. The van der Waals surface area contributed by atoms with Crippen LogP contribution < -0.4 is 26.6 Å². The molecule has 8 nitrogen and oxygen atoms in total. The largest absolute Gasteiger partial charge is 0.515 e. The van der Waals surface area contributed by atoms with Gasteiger partial charge in [-0.1, -0.05) is 39.8 Å². The van der Waals surface area contributed by atoms with Crippen LogP contribution in [0.2, 0.25) is 0 Å². The summed E-state index contributed by atoms with van der Waals surface area (Å²) in [5, 5.41) is 17.1. The van der Waals surface area contributed by atoms with E-state index in [2.05, 4.69) is 53.7 Å². The van der Waals surface area contributed by atoms with Crippen LogP contribution in [-0.2, 0) is 16.0 Å². The normalized spacial score (nSPS) is 25.4. The molecule has 3 aromatic rings. The molecular weight excluding hydrogens is 540 g/mol. The quantitative estimate of drug-likeness (QED) is 0.235. The average Bonchev–Trinajstić information content (AvgIpc) is 3.74. The molecule has 5 heterocycles. The van der Waals surface area contributed by atoms with Crippen molar-refractivity contribution in [1.82, 2.24) is 20.3 Å². The van der Waals surface area contributed by atoms with E-state index in [-0.39, 0.29) is 23.7 Å². The molecule has 1 saturated heterocycles. The fraction of sp³-hybridized carbons (Fsp3) is 0.371. The van der Waals surface area contributed by atoms with Crippen molar-refractivity contribution in [1.29, 1.82) is 0 Å². The first-order chi connectivity index (χ1) is 20.7. The molecule has 5 N–H and O–H groups in total. The molecule has 224 valence electrons. The van der Waals surface area contributed by atoms with Crippen molar-refractivity contribution >= 4 is 47.9 Å². The number of aromatic nitrogens is 3. The number of carbonyl (C=O) groups is 2. The van der Waals surface area contributed by atoms with Gasteiger partial charge in [-0.15, -0.1) is 0 Å². The Labute approximate surface area is 250 Å². The van der Waals surface area contributed by atoms with Gasteiger partial charge in [0.05, 0.1) is 30.1 Å². The summed E-state index contributed by atoms with van der Waals surface area (Å²) < 4.78 is 5.21. The van der Waals surface area contributed by atoms with Crippen molar-refractivity contribution in [3.05, 3.63) is 78.4 Å². The van der Waals surface area contributed by atoms with Crippen molar-refractivity contribution in [2.24, 2.45) is 17.8 Å². The third-order valence-electron chi connectivity index (χ3n) is 9.82. The molecule has 3 aromatic heterocycles. The molecular formula is C35H40N4O4. The van der Waals surface area contributed by atoms with Crippen LogP contribution in [0.25, 0.3) is 36.1 Å². The number of allylic oxidation sites excluding steroid dienone is 1. The molecule has 6 rings (SSSR count). The molecule has 1 fully saturated rings. The Morgan fingerprint density at radius 1 is 1.05 bits per heavy atom. The Bertz CT molecular complexity index is 1970. The monoisotopic (exact) mass is 580 g/mol. The van der Waals surface area contributed by atoms with E-state index in [9.17, 15) is 14.7 Å². The van der Waals surface area contributed by atoms with Crippen molar-refractivity contribution in [3.63, 3.8) is 0 Å². The predicted octanol–water partition coefficient (Wildman–Crippen LogP) is 2.96. The lowest BCUT2D eigenvalue weighted by Gasteiger charge is -2.25. The molecule has 0 spiro atoms. The van der Waals surface area contributed by atoms with Crippen LogP contribution in [-0.4, -0.2) is 45.0 Å². The first kappa shape index (κ1) is 28.6. The van der Waals surface area contributed by atoms with Crippen molar-refractivity contribution in [2.75, 3.05) is 7.11 Å². The van der Waals surface area contributed by atoms with Gasteiger partial charge in [0.15, 0.2) is 5.78 Å². The minimum Gasteiger partial charge on any atom is -0.515 e. The maximum absolute atomic E-state index is 14.0. The number of aliphatic hydroxyl groups excluding tert-OH is 1. The molecule has 0 radical (unpaired) electrons. The van der Waals surface area contributed by atoms with E-state index in [1.165, 1.54) is 7.11 Å². The SMILES string of the molecule is C=Cc1c2[nH]c(c1C)/C=C1\NC(C3=c4[nH]/c(c(C)c4C(=O)[C@@H]3C(=O)OC)=C\c3[nH]c(/c(=C\O)c3CC)=C\2)[C@@H](CCC)[C@@H]1C. The van der Waals surface area contributed by atoms with Crippen molar-refractivity contribution in [3.8, 4) is 0 Å². The molecule has 43 heavy (non-hydrogen) atoms. The summed E-state index contributed by atoms with van der Waals surface area (Å²) in [6.07, 6.45) is 11.8. The Kier molecular flexibility index (Phi) is 7.11. The van der Waals surface area contributed by atoms with E-state index in [1.54, 1.807) is 0 Å². The summed E-state index contributed by atoms with van der Waals surface area (Å²) >= 11 is 0. The van der Waals surface area contributed by atoms with Gasteiger partial charge >= 0.3 is 5.97 Å². The minimum atomic E-state index is -0.999. The van der Waals surface area contributed by atoms with E-state index >= 15 is 0 Å². The summed E-state index contributed by atoms with van der Waals surface area (Å²) in [4.78, 5) is 37.9. The van der Waals surface area contributed by atoms with E-state index in [0.29, 0.717) is 22.6 Å². The number of carbonyl (C=O) groups excluding carboxylic acids is 2. The molecule has 4 atom stereocenters. The highest BCUT2D eigenvalue weighted by molar-refractivity contribution is 6.19. The number of H-pyrrole nitrogens is 3. The second-order valence-corrected chi connectivity index (χ2v) is 12.0. The number of esters is 1. The number of nitrogens with one attached hydrogen (secondary N) is 4. The third-order valence-corrected chi connectivity index (χ3v) is 9.82. The smallest absolute Gasteiger partial charge is 0.320 e. The van der Waals surface area contributed by atoms with Crippen molar-refractivity contribution in [2.45, 2.75) is 59.9 Å². The zero-order chi connectivity index (χ0) is 30.7. The second-order valence-electron chi connectivity index (χ2n) is 12.0. The Hall–Kier alpha value is -4.46. The maximum atomic E-state index is 14.0. The number of fused-ring (bicyclic) bond motifs is 8. The second kappa shape index (κ2) is 10.7. The zero-order valence-corrected chi connectivity index (χ0v) is 25.7. The van der Waals surface area contributed by atoms with Gasteiger partial charge in [0.1, 0.15) is 5.92 Å². The molecule has 8 bridgehead atoms. The molecule has 2 aliphatic heterocycles. The first-order valence-corrected chi connectivity index (χ1v) is 15.1. The number of hydrogen-bond acceptors (Lipinski definition) is 5. The van der Waals surface area contributed by atoms with E-state index in [0.717, 1.165) is 80.4 Å². The van der Waals surface area contributed by atoms with E-state index < -0.39 is 11.9 Å². The average molecular weight is 581 g/mol. The number of methoxy groups -OCH3 is 1. The van der Waals surface area contributed by atoms with Gasteiger partial charge in [0.2, 0.25) is 0 Å². The number of ether oxygens (including phenoxy) is 1. The van der Waals surface area contributed by atoms with Crippen LogP contribution in [0, 0.1) is 31.6 Å². The van der Waals surface area contributed by atoms with Gasteiger partial charge in [-0.3, -0.25) is 9.59 Å². The molecule has 8 heteroatoms. The summed E-state index contributed by atoms with van der Waals surface area (Å²) in [6.45, 7) is 14.5. The van der Waals surface area contributed by atoms with E-state index in [4.69, 9.17) is 4.74 Å². The number of aromatic amines is 3. The fourth-order valence-electron chi connectivity index (χ4n) is 7.55. The van der Waals surface area contributed by atoms with Crippen LogP contribution >= 0.6 is 0 Å². The first-order valence-electron chi connectivity index (χ1n) is 15.1. The molecule has 1 unspecified atom stereocenters. The van der Waals surface area contributed by atoms with Crippen LogP contribution in [0.1, 0.15) is 83.3 Å². The van der Waals surface area contributed by atoms with Gasteiger partial charge < -0.3 is 30.1 Å². The predicted molar refractivity (Wildman–Crippen MR) is 170 cm³/mol. The van der Waals surface area contributed by atoms with E-state index in [1.807, 2.05) is 32.1 Å². The summed E-state index contributed by atoms with van der Waals surface area (Å²) in [5.41, 5.74) is 8.84. The Morgan fingerprint density at radius 3 is 2.44 bits per heavy atom. The molecule has 0 saturated carbocycles. The van der Waals surface area contributed by atoms with Crippen LogP contribution in [0.5, 0.6) is 0 Å². The molecule has 0 amide bonds. The van der Waals surface area contributed by atoms with Gasteiger partial charge in [-0.25, -0.2) is 0 Å². The Morgan fingerprint density at radius 2 is 1.79 bits per heavy atom. The van der Waals surface area contributed by atoms with Gasteiger partial charge in [-0.2, -0.15) is 0 Å². The lowest BCUT2D eigenvalue weighted by atomic mass is 9.80. The highest BCUT2D eigenvalue weighted by Crippen LogP contribution is 2.42. The standard InChI is InChI=1S/C35H40N4O4/c1-8-11-21-17(5)24-12-23-16(4)19(9-2)26(36-23)14-28-22(15-40)20(10-3)27(37-28)13-25-18(6)29-33(39-25)30(32(21)38-24)31(34(29)41)35(42)43-7/h9,12-15,17,21,31-32,36-40H,2,8,10-11H2,1,3-7H3/b22-15-,24-12-,25-13-,28-14-/t17-,21-,31+,32?/m0/s1. The summed E-state index contributed by atoms with van der Waals surface area (Å²) in [5.74, 6) is -1.43. The maximum Gasteiger partial charge on any atom is 0.320 e. The van der Waals surface area contributed by atoms with Gasteiger partial charge in [-0.05, 0) is 73.1 Å². The molecule has 0 aromatic carbocycles. The van der Waals surface area contributed by atoms with Crippen LogP contribution in [0.3, 0.4) is 0 Å². The number of rotatable bonds is 5. The summed E-state index contributed by atoms with van der Waals surface area (Å²) in [6, 6.07) is -0.228.